The largest absolute Gasteiger partial charge is 0.481 e. The molecule has 0 radical (unpaired) electrons. The van der Waals surface area contributed by atoms with Gasteiger partial charge in [0, 0.05) is 38.8 Å². The molecule has 0 spiro atoms. The number of amides is 1. The van der Waals surface area contributed by atoms with E-state index in [9.17, 15) is 9.59 Å². The second-order valence-electron chi connectivity index (χ2n) is 5.70. The first kappa shape index (κ1) is 17.7. The molecule has 0 saturated carbocycles. The number of hydrogen-bond donors (Lipinski definition) is 1. The number of carbonyl (C=O) groups excluding carboxylic acids is 1. The Bertz CT molecular complexity index is 385. The van der Waals surface area contributed by atoms with Crippen molar-refractivity contribution >= 4 is 11.9 Å². The normalized spacial score (nSPS) is 17.1. The second kappa shape index (κ2) is 8.79. The van der Waals surface area contributed by atoms with Gasteiger partial charge in [-0.25, -0.2) is 0 Å². The monoisotopic (exact) mass is 298 g/mol. The van der Waals surface area contributed by atoms with E-state index in [1.165, 1.54) is 0 Å². The van der Waals surface area contributed by atoms with Crippen LogP contribution in [0, 0.1) is 5.92 Å². The fraction of sp³-hybridized carbons (Fsp3) is 0.733. The Morgan fingerprint density at radius 1 is 1.33 bits per heavy atom. The van der Waals surface area contributed by atoms with E-state index in [1.54, 1.807) is 17.9 Å². The molecule has 1 rings (SSSR count). The van der Waals surface area contributed by atoms with Crippen LogP contribution in [0.2, 0.25) is 0 Å². The van der Waals surface area contributed by atoms with E-state index < -0.39 is 11.9 Å². The number of rotatable bonds is 7. The highest BCUT2D eigenvalue weighted by molar-refractivity contribution is 5.88. The van der Waals surface area contributed by atoms with Crippen molar-refractivity contribution in [3.8, 4) is 0 Å². The van der Waals surface area contributed by atoms with E-state index in [1.807, 2.05) is 13.8 Å². The summed E-state index contributed by atoms with van der Waals surface area (Å²) in [5.41, 5.74) is 0.916. The molecular weight excluding hydrogens is 272 g/mol. The third-order valence-electron chi connectivity index (χ3n) is 3.43. The van der Waals surface area contributed by atoms with Crippen molar-refractivity contribution in [1.29, 1.82) is 0 Å². The molecule has 1 fully saturated rings. The van der Waals surface area contributed by atoms with Gasteiger partial charge in [-0.2, -0.15) is 0 Å². The summed E-state index contributed by atoms with van der Waals surface area (Å²) in [7, 11) is 0. The predicted octanol–water partition coefficient (Wildman–Crippen LogP) is 0.834. The van der Waals surface area contributed by atoms with Crippen LogP contribution in [0.1, 0.15) is 20.8 Å². The molecule has 120 valence electrons. The fourth-order valence-electron chi connectivity index (χ4n) is 2.13. The summed E-state index contributed by atoms with van der Waals surface area (Å²) in [4.78, 5) is 27.1. The van der Waals surface area contributed by atoms with Crippen molar-refractivity contribution in [2.24, 2.45) is 5.92 Å². The summed E-state index contributed by atoms with van der Waals surface area (Å²) >= 11 is 0. The summed E-state index contributed by atoms with van der Waals surface area (Å²) in [6, 6.07) is 0. The van der Waals surface area contributed by atoms with E-state index in [2.05, 4.69) is 4.90 Å². The van der Waals surface area contributed by atoms with Crippen LogP contribution in [0.15, 0.2) is 11.6 Å². The Morgan fingerprint density at radius 2 is 1.95 bits per heavy atom. The molecule has 1 N–H and O–H groups in total. The lowest BCUT2D eigenvalue weighted by Gasteiger charge is -2.30. The third kappa shape index (κ3) is 6.73. The zero-order valence-electron chi connectivity index (χ0n) is 13.2. The molecule has 6 heteroatoms. The van der Waals surface area contributed by atoms with E-state index in [4.69, 9.17) is 9.84 Å². The summed E-state index contributed by atoms with van der Waals surface area (Å²) in [6.07, 6.45) is 1.56. The van der Waals surface area contributed by atoms with Gasteiger partial charge in [0.15, 0.2) is 0 Å². The molecule has 0 bridgehead atoms. The van der Waals surface area contributed by atoms with Crippen molar-refractivity contribution < 1.29 is 19.4 Å². The number of carboxylic acid groups (broad SMARTS) is 1. The Hall–Kier alpha value is -1.40. The van der Waals surface area contributed by atoms with Crippen LogP contribution in [0.4, 0.5) is 0 Å². The quantitative estimate of drug-likeness (QED) is 0.705. The first-order chi connectivity index (χ1) is 9.90. The van der Waals surface area contributed by atoms with Crippen molar-refractivity contribution in [3.05, 3.63) is 11.6 Å². The summed E-state index contributed by atoms with van der Waals surface area (Å²) < 4.78 is 5.29. The highest BCUT2D eigenvalue weighted by Crippen LogP contribution is 2.05. The van der Waals surface area contributed by atoms with Gasteiger partial charge in [0.1, 0.15) is 0 Å². The van der Waals surface area contributed by atoms with Crippen LogP contribution in [-0.4, -0.2) is 72.7 Å². The number of carboxylic acids is 1. The molecular formula is C15H26N2O4. The maximum Gasteiger partial charge on any atom is 0.308 e. The summed E-state index contributed by atoms with van der Waals surface area (Å²) in [6.45, 7) is 10.0. The van der Waals surface area contributed by atoms with Gasteiger partial charge in [-0.3, -0.25) is 14.5 Å². The SMILES string of the molecule is CC(C)=CC(=O)N(CCN1CCOCC1)CC(C)C(=O)O. The molecule has 6 nitrogen and oxygen atoms in total. The molecule has 1 aliphatic rings. The number of carbonyl (C=O) groups is 2. The van der Waals surface area contributed by atoms with Gasteiger partial charge in [0.05, 0.1) is 19.1 Å². The van der Waals surface area contributed by atoms with Crippen LogP contribution >= 0.6 is 0 Å². The number of morpholine rings is 1. The highest BCUT2D eigenvalue weighted by atomic mass is 16.5. The predicted molar refractivity (Wildman–Crippen MR) is 80.1 cm³/mol. The zero-order valence-corrected chi connectivity index (χ0v) is 13.2. The number of ether oxygens (including phenoxy) is 1. The van der Waals surface area contributed by atoms with Gasteiger partial charge >= 0.3 is 5.97 Å². The van der Waals surface area contributed by atoms with Crippen LogP contribution in [-0.2, 0) is 14.3 Å². The van der Waals surface area contributed by atoms with Crippen molar-refractivity contribution in [3.63, 3.8) is 0 Å². The lowest BCUT2D eigenvalue weighted by molar-refractivity contribution is -0.142. The van der Waals surface area contributed by atoms with E-state index in [0.717, 1.165) is 25.2 Å². The minimum Gasteiger partial charge on any atom is -0.481 e. The molecule has 0 aromatic rings. The maximum absolute atomic E-state index is 12.2. The first-order valence-corrected chi connectivity index (χ1v) is 7.37. The molecule has 21 heavy (non-hydrogen) atoms. The number of aliphatic carboxylic acids is 1. The Labute approximate surface area is 126 Å². The standard InChI is InChI=1S/C15H26N2O4/c1-12(2)10-14(18)17(11-13(3)15(19)20)5-4-16-6-8-21-9-7-16/h10,13H,4-9,11H2,1-3H3,(H,19,20). The minimum atomic E-state index is -0.878. The molecule has 1 heterocycles. The highest BCUT2D eigenvalue weighted by Gasteiger charge is 2.20. The Morgan fingerprint density at radius 3 is 2.48 bits per heavy atom. The smallest absolute Gasteiger partial charge is 0.308 e. The molecule has 1 unspecified atom stereocenters. The van der Waals surface area contributed by atoms with Gasteiger partial charge in [0.25, 0.3) is 0 Å². The fourth-order valence-corrected chi connectivity index (χ4v) is 2.13. The zero-order chi connectivity index (χ0) is 15.8. The number of nitrogens with zero attached hydrogens (tertiary/aromatic N) is 2. The minimum absolute atomic E-state index is 0.114. The average Bonchev–Trinajstić information content (AvgIpc) is 2.43. The Balaban J connectivity index is 2.59. The molecule has 1 aliphatic heterocycles. The molecule has 0 aliphatic carbocycles. The van der Waals surface area contributed by atoms with Crippen LogP contribution in [0.25, 0.3) is 0 Å². The average molecular weight is 298 g/mol. The Kier molecular flexibility index (Phi) is 7.39. The third-order valence-corrected chi connectivity index (χ3v) is 3.43. The van der Waals surface area contributed by atoms with Gasteiger partial charge in [-0.15, -0.1) is 0 Å². The van der Waals surface area contributed by atoms with Crippen LogP contribution in [0.5, 0.6) is 0 Å². The van der Waals surface area contributed by atoms with Crippen molar-refractivity contribution in [1.82, 2.24) is 9.80 Å². The number of allylic oxidation sites excluding steroid dienone is 1. The molecule has 1 amide bonds. The van der Waals surface area contributed by atoms with Crippen molar-refractivity contribution in [2.75, 3.05) is 45.9 Å². The second-order valence-corrected chi connectivity index (χ2v) is 5.70. The molecule has 1 saturated heterocycles. The van der Waals surface area contributed by atoms with E-state index >= 15 is 0 Å². The number of hydrogen-bond acceptors (Lipinski definition) is 4. The van der Waals surface area contributed by atoms with E-state index in [0.29, 0.717) is 19.8 Å². The maximum atomic E-state index is 12.2. The summed E-state index contributed by atoms with van der Waals surface area (Å²) in [5, 5.41) is 9.03. The van der Waals surface area contributed by atoms with Gasteiger partial charge in [0.2, 0.25) is 5.91 Å². The van der Waals surface area contributed by atoms with Gasteiger partial charge < -0.3 is 14.7 Å². The first-order valence-electron chi connectivity index (χ1n) is 7.37. The van der Waals surface area contributed by atoms with Crippen LogP contribution in [0.3, 0.4) is 0 Å². The van der Waals surface area contributed by atoms with Gasteiger partial charge in [-0.05, 0) is 13.8 Å². The molecule has 0 aromatic heterocycles. The lowest BCUT2D eigenvalue weighted by Crippen LogP contribution is -2.44. The van der Waals surface area contributed by atoms with Gasteiger partial charge in [-0.1, -0.05) is 12.5 Å². The molecule has 1 atom stereocenters. The lowest BCUT2D eigenvalue weighted by atomic mass is 10.1. The van der Waals surface area contributed by atoms with E-state index in [-0.39, 0.29) is 12.5 Å². The summed E-state index contributed by atoms with van der Waals surface area (Å²) in [5.74, 6) is -1.56. The molecule has 0 aromatic carbocycles. The topological polar surface area (TPSA) is 70.1 Å². The van der Waals surface area contributed by atoms with Crippen LogP contribution < -0.4 is 0 Å². The van der Waals surface area contributed by atoms with Crippen molar-refractivity contribution in [2.45, 2.75) is 20.8 Å².